The summed E-state index contributed by atoms with van der Waals surface area (Å²) in [4.78, 5) is 98.5. The van der Waals surface area contributed by atoms with E-state index in [1.807, 2.05) is 74.5 Å². The number of hydrogen-bond donors (Lipinski definition) is 4. The number of fused-ring (bicyclic) bond motifs is 2. The first-order chi connectivity index (χ1) is 27.0. The summed E-state index contributed by atoms with van der Waals surface area (Å²) in [7, 11) is 1.55. The second-order valence-electron chi connectivity index (χ2n) is 15.4. The van der Waals surface area contributed by atoms with E-state index < -0.39 is 65.8 Å². The Bertz CT molecular complexity index is 1840. The van der Waals surface area contributed by atoms with Gasteiger partial charge in [-0.05, 0) is 49.1 Å². The molecular formula is C42H54N8O6. The first-order valence-electron chi connectivity index (χ1n) is 19.9. The Labute approximate surface area is 328 Å². The third-order valence-corrected chi connectivity index (χ3v) is 11.6. The number of H-pyrrole nitrogens is 1. The topological polar surface area (TPSA) is 177 Å². The minimum atomic E-state index is -1.11. The number of nitrogens with one attached hydrogen (secondary N) is 4. The molecule has 0 bridgehead atoms. The SMILES string of the molecule is CC[C@H](C)[C@@H]1NC(=O)[C@@H](Cc2ccccc2)NC(=O)[C@@H]2CCCN2C(=O)[C@@H](Cc2ccccc2)N(C)C(=O)[C@H](Cc2cnc[nH]2)NC(=O)[C@H]2CCCCN2C1=O. The first kappa shape index (κ1) is 40.1. The largest absolute Gasteiger partial charge is 0.348 e. The zero-order valence-electron chi connectivity index (χ0n) is 32.5. The van der Waals surface area contributed by atoms with Crippen molar-refractivity contribution in [2.24, 2.45) is 5.92 Å². The lowest BCUT2D eigenvalue weighted by Crippen LogP contribution is -2.64. The molecule has 14 nitrogen and oxygen atoms in total. The molecule has 0 aliphatic carbocycles. The Kier molecular flexibility index (Phi) is 13.2. The molecule has 14 heteroatoms. The van der Waals surface area contributed by atoms with Crippen LogP contribution >= 0.6 is 0 Å². The zero-order chi connectivity index (χ0) is 39.8. The number of hydrogen-bond acceptors (Lipinski definition) is 7. The Morgan fingerprint density at radius 3 is 1.89 bits per heavy atom. The molecule has 56 heavy (non-hydrogen) atoms. The minimum absolute atomic E-state index is 0.0604. The van der Waals surface area contributed by atoms with Gasteiger partial charge in [0, 0.05) is 51.3 Å². The van der Waals surface area contributed by atoms with E-state index in [-0.39, 0.29) is 37.6 Å². The molecule has 0 radical (unpaired) electrons. The second-order valence-corrected chi connectivity index (χ2v) is 15.4. The van der Waals surface area contributed by atoms with Gasteiger partial charge in [-0.1, -0.05) is 80.9 Å². The molecule has 6 amide bonds. The van der Waals surface area contributed by atoms with Gasteiger partial charge in [0.05, 0.1) is 6.33 Å². The maximum Gasteiger partial charge on any atom is 0.246 e. The van der Waals surface area contributed by atoms with Crippen molar-refractivity contribution in [3.63, 3.8) is 0 Å². The Morgan fingerprint density at radius 2 is 1.27 bits per heavy atom. The van der Waals surface area contributed by atoms with Crippen LogP contribution < -0.4 is 16.0 Å². The molecule has 3 aliphatic heterocycles. The van der Waals surface area contributed by atoms with Crippen molar-refractivity contribution in [2.45, 2.75) is 108 Å². The number of amides is 6. The van der Waals surface area contributed by atoms with Gasteiger partial charge in [0.2, 0.25) is 35.4 Å². The summed E-state index contributed by atoms with van der Waals surface area (Å²) in [6.45, 7) is 4.39. The van der Waals surface area contributed by atoms with Crippen molar-refractivity contribution < 1.29 is 28.8 Å². The molecule has 298 valence electrons. The third-order valence-electron chi connectivity index (χ3n) is 11.6. The van der Waals surface area contributed by atoms with Crippen LogP contribution in [0.25, 0.3) is 0 Å². The molecule has 3 aromatic rings. The van der Waals surface area contributed by atoms with Crippen LogP contribution in [0.2, 0.25) is 0 Å². The van der Waals surface area contributed by atoms with E-state index in [0.717, 1.165) is 11.1 Å². The summed E-state index contributed by atoms with van der Waals surface area (Å²) >= 11 is 0. The van der Waals surface area contributed by atoms with Gasteiger partial charge in [0.15, 0.2) is 0 Å². The number of aromatic nitrogens is 2. The zero-order valence-corrected chi connectivity index (χ0v) is 32.5. The summed E-state index contributed by atoms with van der Waals surface area (Å²) in [5.41, 5.74) is 2.22. The van der Waals surface area contributed by atoms with Crippen molar-refractivity contribution in [3.05, 3.63) is 90.0 Å². The third kappa shape index (κ3) is 9.28. The number of aromatic amines is 1. The normalized spacial score (nSPS) is 26.4. The molecule has 4 N–H and O–H groups in total. The van der Waals surface area contributed by atoms with Crippen LogP contribution in [0.1, 0.15) is 69.2 Å². The predicted octanol–water partition coefficient (Wildman–Crippen LogP) is 2.15. The lowest BCUT2D eigenvalue weighted by Gasteiger charge is -2.40. The standard InChI is InChI=1S/C42H54N8O6/c1-4-27(2)36-42(56)50-20-12-11-18-33(50)39(53)46-32(24-30-25-43-26-44-30)40(54)48(3)35(23-29-16-9-6-10-17-29)41(55)49-21-13-19-34(49)38(52)45-31(37(51)47-36)22-28-14-7-5-8-15-28/h5-10,14-17,25-27,31-36H,4,11-13,18-24H2,1-3H3,(H,43,44)(H,45,52)(H,46,53)(H,47,51)/t27-,31+,32-,33+,34-,35+,36-/m0/s1. The summed E-state index contributed by atoms with van der Waals surface area (Å²) in [6.07, 6.45) is 6.66. The van der Waals surface area contributed by atoms with Crippen molar-refractivity contribution in [1.29, 1.82) is 0 Å². The predicted molar refractivity (Wildman–Crippen MR) is 208 cm³/mol. The Hall–Kier alpha value is -5.53. The molecular weight excluding hydrogens is 713 g/mol. The van der Waals surface area contributed by atoms with Crippen LogP contribution in [-0.2, 0) is 48.0 Å². The van der Waals surface area contributed by atoms with E-state index in [1.165, 1.54) is 21.0 Å². The van der Waals surface area contributed by atoms with Crippen molar-refractivity contribution in [1.82, 2.24) is 40.6 Å². The van der Waals surface area contributed by atoms with Gasteiger partial charge in [-0.3, -0.25) is 28.8 Å². The van der Waals surface area contributed by atoms with Gasteiger partial charge in [-0.25, -0.2) is 4.98 Å². The highest BCUT2D eigenvalue weighted by atomic mass is 16.2. The number of imidazole rings is 1. The van der Waals surface area contributed by atoms with E-state index in [4.69, 9.17) is 0 Å². The molecule has 2 aromatic carbocycles. The number of likely N-dealkylation sites (N-methyl/N-ethyl adjacent to an activating group) is 1. The molecule has 3 fully saturated rings. The highest BCUT2D eigenvalue weighted by Crippen LogP contribution is 2.25. The van der Waals surface area contributed by atoms with Gasteiger partial charge in [0.25, 0.3) is 0 Å². The minimum Gasteiger partial charge on any atom is -0.348 e. The van der Waals surface area contributed by atoms with E-state index in [9.17, 15) is 28.8 Å². The maximum atomic E-state index is 14.8. The second kappa shape index (κ2) is 18.4. The number of nitrogens with zero attached hydrogens (tertiary/aromatic N) is 4. The highest BCUT2D eigenvalue weighted by Gasteiger charge is 2.44. The van der Waals surface area contributed by atoms with Gasteiger partial charge in [-0.15, -0.1) is 0 Å². The fourth-order valence-electron chi connectivity index (χ4n) is 8.12. The van der Waals surface area contributed by atoms with Crippen LogP contribution in [0.4, 0.5) is 0 Å². The van der Waals surface area contributed by atoms with Crippen molar-refractivity contribution in [2.75, 3.05) is 20.1 Å². The molecule has 3 saturated heterocycles. The smallest absolute Gasteiger partial charge is 0.246 e. The molecule has 6 rings (SSSR count). The monoisotopic (exact) mass is 766 g/mol. The average molecular weight is 767 g/mol. The van der Waals surface area contributed by atoms with Crippen molar-refractivity contribution >= 4 is 35.4 Å². The fraction of sp³-hybridized carbons (Fsp3) is 0.500. The summed E-state index contributed by atoms with van der Waals surface area (Å²) in [5.74, 6) is -3.08. The first-order valence-corrected chi connectivity index (χ1v) is 19.9. The van der Waals surface area contributed by atoms with Crippen LogP contribution in [0.5, 0.6) is 0 Å². The highest BCUT2D eigenvalue weighted by molar-refractivity contribution is 5.98. The fourth-order valence-corrected chi connectivity index (χ4v) is 8.12. The lowest BCUT2D eigenvalue weighted by atomic mass is 9.93. The number of rotatable bonds is 8. The van der Waals surface area contributed by atoms with Gasteiger partial charge in [0.1, 0.15) is 36.3 Å². The molecule has 7 atom stereocenters. The lowest BCUT2D eigenvalue weighted by molar-refractivity contribution is -0.150. The van der Waals surface area contributed by atoms with Crippen LogP contribution in [0.3, 0.4) is 0 Å². The number of carbonyl (C=O) groups excluding carboxylic acids is 6. The molecule has 3 aliphatic rings. The number of benzene rings is 2. The Balaban J connectivity index is 1.42. The average Bonchev–Trinajstić information content (AvgIpc) is 3.94. The van der Waals surface area contributed by atoms with Crippen LogP contribution in [0, 0.1) is 5.92 Å². The van der Waals surface area contributed by atoms with E-state index in [1.54, 1.807) is 13.2 Å². The molecule has 1 aromatic heterocycles. The van der Waals surface area contributed by atoms with Crippen LogP contribution in [0.15, 0.2) is 73.2 Å². The molecule has 0 spiro atoms. The number of carbonyl (C=O) groups is 6. The van der Waals surface area contributed by atoms with Crippen LogP contribution in [-0.4, -0.2) is 116 Å². The maximum absolute atomic E-state index is 14.8. The quantitative estimate of drug-likeness (QED) is 0.272. The molecule has 0 saturated carbocycles. The summed E-state index contributed by atoms with van der Waals surface area (Å²) in [5, 5.41) is 8.91. The van der Waals surface area contributed by atoms with Gasteiger partial charge < -0.3 is 35.6 Å². The van der Waals surface area contributed by atoms with E-state index in [0.29, 0.717) is 50.8 Å². The summed E-state index contributed by atoms with van der Waals surface area (Å²) in [6, 6.07) is 12.7. The van der Waals surface area contributed by atoms with Gasteiger partial charge in [-0.2, -0.15) is 0 Å². The molecule has 4 heterocycles. The number of piperidine rings is 1. The Morgan fingerprint density at radius 1 is 0.679 bits per heavy atom. The van der Waals surface area contributed by atoms with E-state index >= 15 is 0 Å². The summed E-state index contributed by atoms with van der Waals surface area (Å²) < 4.78 is 0. The van der Waals surface area contributed by atoms with Gasteiger partial charge >= 0.3 is 0 Å². The van der Waals surface area contributed by atoms with E-state index in [2.05, 4.69) is 25.9 Å². The van der Waals surface area contributed by atoms with Crippen molar-refractivity contribution in [3.8, 4) is 0 Å². The molecule has 0 unspecified atom stereocenters.